The maximum Gasteiger partial charge on any atom is 0.287 e. The van der Waals surface area contributed by atoms with Crippen LogP contribution in [0.3, 0.4) is 0 Å². The molecule has 0 spiro atoms. The normalized spacial score (nSPS) is 13.0. The Kier molecular flexibility index (Phi) is 2.64. The smallest absolute Gasteiger partial charge is 0.287 e. The molecule has 0 saturated heterocycles. The number of rotatable bonds is 1. The molecule has 0 saturated carbocycles. The van der Waals surface area contributed by atoms with Gasteiger partial charge in [0.2, 0.25) is 0 Å². The highest BCUT2D eigenvalue weighted by Crippen LogP contribution is 2.10. The minimum absolute atomic E-state index is 0.0178. The van der Waals surface area contributed by atoms with Crippen LogP contribution in [-0.2, 0) is 0 Å². The lowest BCUT2D eigenvalue weighted by molar-refractivity contribution is 0.577. The van der Waals surface area contributed by atoms with E-state index >= 15 is 0 Å². The van der Waals surface area contributed by atoms with Crippen molar-refractivity contribution in [2.45, 2.75) is 11.0 Å². The topological polar surface area (TPSA) is 22.0 Å². The van der Waals surface area contributed by atoms with Gasteiger partial charge < -0.3 is 4.57 Å². The molecule has 0 aromatic carbocycles. The quantitative estimate of drug-likeness (QED) is 0.563. The second-order valence-corrected chi connectivity index (χ2v) is 3.95. The fourth-order valence-corrected chi connectivity index (χ4v) is 1.20. The maximum absolute atomic E-state index is 12.6. The van der Waals surface area contributed by atoms with E-state index in [-0.39, 0.29) is 4.05 Å². The van der Waals surface area contributed by atoms with Gasteiger partial charge in [0.15, 0.2) is 5.82 Å². The first-order valence-electron chi connectivity index (χ1n) is 3.13. The summed E-state index contributed by atoms with van der Waals surface area (Å²) in [5.74, 6) is -0.698. The zero-order chi connectivity index (χ0) is 8.43. The van der Waals surface area contributed by atoms with Gasteiger partial charge in [0, 0.05) is 6.20 Å². The summed E-state index contributed by atoms with van der Waals surface area (Å²) in [6.07, 6.45) is 1.57. The number of hydrogen-bond acceptors (Lipinski definition) is 1. The minimum atomic E-state index is -0.698. The maximum atomic E-state index is 12.6. The van der Waals surface area contributed by atoms with Crippen LogP contribution in [-0.4, -0.2) is 4.57 Å². The van der Waals surface area contributed by atoms with Crippen molar-refractivity contribution in [3.8, 4) is 0 Å². The SMILES string of the molecule is CC(I)n1cccc(F)c1=O. The van der Waals surface area contributed by atoms with Gasteiger partial charge in [-0.2, -0.15) is 0 Å². The van der Waals surface area contributed by atoms with E-state index in [0.717, 1.165) is 6.07 Å². The van der Waals surface area contributed by atoms with Crippen molar-refractivity contribution in [3.63, 3.8) is 0 Å². The number of aromatic nitrogens is 1. The molecule has 0 aliphatic heterocycles. The monoisotopic (exact) mass is 267 g/mol. The summed E-state index contributed by atoms with van der Waals surface area (Å²) in [5, 5.41) is 0. The van der Waals surface area contributed by atoms with Gasteiger partial charge in [-0.3, -0.25) is 4.79 Å². The average molecular weight is 267 g/mol. The van der Waals surface area contributed by atoms with Crippen molar-refractivity contribution < 1.29 is 4.39 Å². The first-order valence-corrected chi connectivity index (χ1v) is 4.38. The lowest BCUT2D eigenvalue weighted by Gasteiger charge is -2.06. The molecule has 60 valence electrons. The molecule has 0 N–H and O–H groups in total. The molecule has 1 unspecified atom stereocenters. The van der Waals surface area contributed by atoms with E-state index in [4.69, 9.17) is 0 Å². The van der Waals surface area contributed by atoms with Crippen LogP contribution in [0.15, 0.2) is 23.1 Å². The Morgan fingerprint density at radius 1 is 1.73 bits per heavy atom. The molecule has 1 heterocycles. The van der Waals surface area contributed by atoms with Crippen LogP contribution in [0.2, 0.25) is 0 Å². The summed E-state index contributed by atoms with van der Waals surface area (Å²) in [7, 11) is 0. The van der Waals surface area contributed by atoms with E-state index in [2.05, 4.69) is 0 Å². The predicted molar refractivity (Wildman–Crippen MR) is 49.4 cm³/mol. The first kappa shape index (κ1) is 8.70. The predicted octanol–water partition coefficient (Wildman–Crippen LogP) is 1.94. The number of halogens is 2. The number of hydrogen-bond donors (Lipinski definition) is 0. The third-order valence-electron chi connectivity index (χ3n) is 1.31. The Balaban J connectivity index is 3.28. The molecule has 1 aromatic rings. The van der Waals surface area contributed by atoms with Gasteiger partial charge >= 0.3 is 0 Å². The molecule has 0 amide bonds. The van der Waals surface area contributed by atoms with E-state index in [1.54, 1.807) is 6.20 Å². The van der Waals surface area contributed by atoms with E-state index in [1.165, 1.54) is 10.6 Å². The Bertz CT molecular complexity index is 308. The van der Waals surface area contributed by atoms with Crippen LogP contribution >= 0.6 is 22.6 Å². The Labute approximate surface area is 77.2 Å². The number of alkyl halides is 1. The highest BCUT2D eigenvalue weighted by atomic mass is 127. The molecule has 0 radical (unpaired) electrons. The van der Waals surface area contributed by atoms with Gasteiger partial charge in [-0.15, -0.1) is 0 Å². The zero-order valence-electron chi connectivity index (χ0n) is 5.92. The van der Waals surface area contributed by atoms with Crippen LogP contribution < -0.4 is 5.56 Å². The third-order valence-corrected chi connectivity index (χ3v) is 1.91. The molecule has 2 nitrogen and oxygen atoms in total. The van der Waals surface area contributed by atoms with Crippen molar-refractivity contribution in [1.82, 2.24) is 4.57 Å². The van der Waals surface area contributed by atoms with E-state index in [9.17, 15) is 9.18 Å². The van der Waals surface area contributed by atoms with Crippen molar-refractivity contribution in [2.24, 2.45) is 0 Å². The highest BCUT2D eigenvalue weighted by molar-refractivity contribution is 14.1. The average Bonchev–Trinajstić information content (AvgIpc) is 1.94. The molecular formula is C7H7FINO. The summed E-state index contributed by atoms with van der Waals surface area (Å²) in [4.78, 5) is 11.0. The van der Waals surface area contributed by atoms with Crippen LogP contribution in [0.5, 0.6) is 0 Å². The van der Waals surface area contributed by atoms with Gasteiger partial charge in [0.05, 0.1) is 4.05 Å². The van der Waals surface area contributed by atoms with Gasteiger partial charge in [-0.05, 0) is 19.1 Å². The molecule has 0 aliphatic rings. The summed E-state index contributed by atoms with van der Waals surface area (Å²) in [5.41, 5.74) is -0.561. The Morgan fingerprint density at radius 3 is 2.82 bits per heavy atom. The van der Waals surface area contributed by atoms with Crippen molar-refractivity contribution in [1.29, 1.82) is 0 Å². The highest BCUT2D eigenvalue weighted by Gasteiger charge is 2.04. The fraction of sp³-hybridized carbons (Fsp3) is 0.286. The standard InChI is InChI=1S/C7H7FINO/c1-5(9)10-4-2-3-6(8)7(10)11/h2-5H,1H3. The molecule has 0 fully saturated rings. The third kappa shape index (κ3) is 1.79. The fourth-order valence-electron chi connectivity index (χ4n) is 0.763. The summed E-state index contributed by atoms with van der Waals surface area (Å²) in [6.45, 7) is 1.82. The van der Waals surface area contributed by atoms with Crippen LogP contribution in [0, 0.1) is 5.82 Å². The molecule has 1 rings (SSSR count). The van der Waals surface area contributed by atoms with Gasteiger partial charge in [0.1, 0.15) is 0 Å². The van der Waals surface area contributed by atoms with E-state index in [1.807, 2.05) is 29.5 Å². The van der Waals surface area contributed by atoms with Gasteiger partial charge in [-0.25, -0.2) is 4.39 Å². The summed E-state index contributed by atoms with van der Waals surface area (Å²) < 4.78 is 13.9. The summed E-state index contributed by atoms with van der Waals surface area (Å²) in [6, 6.07) is 2.68. The Hall–Kier alpha value is -0.390. The van der Waals surface area contributed by atoms with Crippen LogP contribution in [0.1, 0.15) is 11.0 Å². The lowest BCUT2D eigenvalue weighted by atomic mass is 10.4. The molecule has 11 heavy (non-hydrogen) atoms. The van der Waals surface area contributed by atoms with E-state index in [0.29, 0.717) is 0 Å². The molecular weight excluding hydrogens is 260 g/mol. The van der Waals surface area contributed by atoms with Crippen molar-refractivity contribution in [3.05, 3.63) is 34.5 Å². The van der Waals surface area contributed by atoms with E-state index < -0.39 is 11.4 Å². The van der Waals surface area contributed by atoms with Crippen LogP contribution in [0.4, 0.5) is 4.39 Å². The van der Waals surface area contributed by atoms with Crippen molar-refractivity contribution >= 4 is 22.6 Å². The van der Waals surface area contributed by atoms with Crippen LogP contribution in [0.25, 0.3) is 0 Å². The Morgan fingerprint density at radius 2 is 2.36 bits per heavy atom. The molecule has 1 aromatic heterocycles. The second kappa shape index (κ2) is 3.34. The number of nitrogens with zero attached hydrogens (tertiary/aromatic N) is 1. The van der Waals surface area contributed by atoms with Crippen molar-refractivity contribution in [2.75, 3.05) is 0 Å². The minimum Gasteiger partial charge on any atom is -0.301 e. The largest absolute Gasteiger partial charge is 0.301 e. The zero-order valence-corrected chi connectivity index (χ0v) is 8.08. The molecule has 0 bridgehead atoms. The number of pyridine rings is 1. The van der Waals surface area contributed by atoms with Gasteiger partial charge in [0.25, 0.3) is 5.56 Å². The molecule has 4 heteroatoms. The first-order chi connectivity index (χ1) is 5.13. The molecule has 1 atom stereocenters. The lowest BCUT2D eigenvalue weighted by Crippen LogP contribution is -2.22. The molecule has 0 aliphatic carbocycles. The second-order valence-electron chi connectivity index (χ2n) is 2.14. The van der Waals surface area contributed by atoms with Gasteiger partial charge in [-0.1, -0.05) is 22.6 Å². The summed E-state index contributed by atoms with van der Waals surface area (Å²) >= 11 is 2.05.